The van der Waals surface area contributed by atoms with Gasteiger partial charge in [-0.2, -0.15) is 10.4 Å². The predicted octanol–water partition coefficient (Wildman–Crippen LogP) is 5.63. The fourth-order valence-electron chi connectivity index (χ4n) is 5.82. The van der Waals surface area contributed by atoms with Gasteiger partial charge in [0.2, 0.25) is 5.60 Å². The zero-order chi connectivity index (χ0) is 32.5. The number of unbranched alkanes of at least 4 members (excludes halogenated alkanes) is 14. The van der Waals surface area contributed by atoms with E-state index in [9.17, 15) is 24.9 Å². The minimum Gasteiger partial charge on any atom is -0.387 e. The monoisotopic (exact) mass is 651 g/mol. The SMILES string of the molecule is CCCCCCCCCCOCCCCCCCCCCP(=O)(O)OC[C@H]1O[C@@](C#N)(c2ccc3c(N)ncnn23)[C@@H](O)C1O. The number of aliphatic hydroxyl groups excluding tert-OH is 2. The van der Waals surface area contributed by atoms with Gasteiger partial charge in [-0.25, -0.2) is 9.50 Å². The molecule has 0 radical (unpaired) electrons. The van der Waals surface area contributed by atoms with Gasteiger partial charge in [0, 0.05) is 19.4 Å². The van der Waals surface area contributed by atoms with E-state index in [1.807, 2.05) is 6.07 Å². The van der Waals surface area contributed by atoms with Crippen LogP contribution in [0.3, 0.4) is 0 Å². The molecule has 12 nitrogen and oxygen atoms in total. The summed E-state index contributed by atoms with van der Waals surface area (Å²) in [5.41, 5.74) is 4.44. The van der Waals surface area contributed by atoms with Crippen molar-refractivity contribution >= 4 is 18.9 Å². The number of rotatable bonds is 24. The molecular formula is C32H54N5O7P. The lowest BCUT2D eigenvalue weighted by Crippen LogP contribution is -2.41. The second kappa shape index (κ2) is 19.5. The fraction of sp³-hybridized carbons (Fsp3) is 0.781. The van der Waals surface area contributed by atoms with Crippen molar-refractivity contribution in [2.24, 2.45) is 0 Å². The second-order valence-corrected chi connectivity index (χ2v) is 14.2. The van der Waals surface area contributed by atoms with Crippen molar-refractivity contribution in [3.63, 3.8) is 0 Å². The molecular weight excluding hydrogens is 597 g/mol. The average molecular weight is 652 g/mol. The molecule has 0 amide bonds. The summed E-state index contributed by atoms with van der Waals surface area (Å²) in [6, 6.07) is 5.02. The van der Waals surface area contributed by atoms with Crippen molar-refractivity contribution < 1.29 is 33.7 Å². The number of hydrogen-bond donors (Lipinski definition) is 4. The van der Waals surface area contributed by atoms with Gasteiger partial charge in [-0.1, -0.05) is 90.4 Å². The summed E-state index contributed by atoms with van der Waals surface area (Å²) in [6.07, 6.45) is 15.3. The van der Waals surface area contributed by atoms with Gasteiger partial charge < -0.3 is 34.8 Å². The van der Waals surface area contributed by atoms with E-state index in [1.54, 1.807) is 6.07 Å². The molecule has 1 aliphatic heterocycles. The van der Waals surface area contributed by atoms with Gasteiger partial charge in [-0.3, -0.25) is 4.57 Å². The largest absolute Gasteiger partial charge is 0.387 e. The molecule has 254 valence electrons. The van der Waals surface area contributed by atoms with E-state index >= 15 is 0 Å². The second-order valence-electron chi connectivity index (χ2n) is 12.2. The molecule has 1 fully saturated rings. The summed E-state index contributed by atoms with van der Waals surface area (Å²) in [5.74, 6) is 0.170. The van der Waals surface area contributed by atoms with E-state index in [4.69, 9.17) is 19.7 Å². The third-order valence-electron chi connectivity index (χ3n) is 8.55. The first kappa shape index (κ1) is 37.4. The molecule has 3 rings (SSSR count). The predicted molar refractivity (Wildman–Crippen MR) is 173 cm³/mol. The third kappa shape index (κ3) is 11.3. The Morgan fingerprint density at radius 2 is 1.56 bits per heavy atom. The van der Waals surface area contributed by atoms with E-state index in [0.29, 0.717) is 11.9 Å². The highest BCUT2D eigenvalue weighted by molar-refractivity contribution is 7.52. The van der Waals surface area contributed by atoms with E-state index in [-0.39, 0.29) is 17.7 Å². The molecule has 3 heterocycles. The first-order valence-corrected chi connectivity index (χ1v) is 18.6. The highest BCUT2D eigenvalue weighted by Crippen LogP contribution is 2.46. The van der Waals surface area contributed by atoms with Crippen LogP contribution in [-0.2, 0) is 24.2 Å². The molecule has 45 heavy (non-hydrogen) atoms. The summed E-state index contributed by atoms with van der Waals surface area (Å²) >= 11 is 0. The van der Waals surface area contributed by atoms with Gasteiger partial charge in [0.1, 0.15) is 36.2 Å². The van der Waals surface area contributed by atoms with Crippen LogP contribution in [0.5, 0.6) is 0 Å². The Morgan fingerprint density at radius 1 is 0.978 bits per heavy atom. The Hall–Kier alpha value is -2.10. The quantitative estimate of drug-likeness (QED) is 0.0814. The van der Waals surface area contributed by atoms with Gasteiger partial charge >= 0.3 is 7.60 Å². The fourth-order valence-corrected chi connectivity index (χ4v) is 6.95. The van der Waals surface area contributed by atoms with Gasteiger partial charge in [-0.15, -0.1) is 0 Å². The van der Waals surface area contributed by atoms with Crippen LogP contribution < -0.4 is 5.73 Å². The number of nitriles is 1. The van der Waals surface area contributed by atoms with Gasteiger partial charge in [0.25, 0.3) is 0 Å². The molecule has 1 aliphatic rings. The first-order valence-electron chi connectivity index (χ1n) is 16.8. The van der Waals surface area contributed by atoms with Crippen LogP contribution in [0.1, 0.15) is 115 Å². The van der Waals surface area contributed by atoms with Crippen molar-refractivity contribution in [1.82, 2.24) is 14.6 Å². The highest BCUT2D eigenvalue weighted by Gasteiger charge is 2.57. The van der Waals surface area contributed by atoms with Gasteiger partial charge in [0.05, 0.1) is 12.3 Å². The standard InChI is InChI=1S/C32H54N5O7P/c1-2-3-4-5-6-9-12-15-20-42-21-16-13-10-7-8-11-14-17-22-45(40,41)43-23-27-29(38)30(39)32(24-33,44-27)28-19-18-26-31(34)35-25-36-37(26)28/h18-19,25,27,29-30,38-39H,2-17,20-23H2,1H3,(H,40,41)(H2,34,35,36)/t27-,29?,30+,32+/m1/s1. The number of ether oxygens (including phenoxy) is 2. The van der Waals surface area contributed by atoms with E-state index in [1.165, 1.54) is 74.7 Å². The molecule has 2 aromatic heterocycles. The van der Waals surface area contributed by atoms with Crippen LogP contribution in [0.2, 0.25) is 0 Å². The molecule has 1 saturated heterocycles. The van der Waals surface area contributed by atoms with Crippen LogP contribution in [0, 0.1) is 11.3 Å². The smallest absolute Gasteiger partial charge is 0.328 e. The zero-order valence-corrected chi connectivity index (χ0v) is 27.8. The summed E-state index contributed by atoms with van der Waals surface area (Å²) in [4.78, 5) is 14.2. The summed E-state index contributed by atoms with van der Waals surface area (Å²) < 4.78 is 30.8. The highest BCUT2D eigenvalue weighted by atomic mass is 31.2. The lowest BCUT2D eigenvalue weighted by Gasteiger charge is -2.24. The van der Waals surface area contributed by atoms with Gasteiger partial charge in [-0.05, 0) is 31.4 Å². The first-order chi connectivity index (χ1) is 21.8. The number of hydrogen-bond acceptors (Lipinski definition) is 10. The maximum Gasteiger partial charge on any atom is 0.328 e. The van der Waals surface area contributed by atoms with Crippen molar-refractivity contribution in [3.05, 3.63) is 24.2 Å². The Kier molecular flexibility index (Phi) is 16.2. The minimum absolute atomic E-state index is 0.0164. The molecule has 0 aliphatic carbocycles. The van der Waals surface area contributed by atoms with Crippen LogP contribution in [0.4, 0.5) is 5.82 Å². The molecule has 5 atom stereocenters. The van der Waals surface area contributed by atoms with Crippen molar-refractivity contribution in [2.45, 2.75) is 134 Å². The average Bonchev–Trinajstić information content (AvgIpc) is 3.57. The van der Waals surface area contributed by atoms with Crippen LogP contribution in [-0.4, -0.2) is 74.0 Å². The Balaban J connectivity index is 1.23. The lowest BCUT2D eigenvalue weighted by molar-refractivity contribution is -0.0619. The Labute approximate surface area is 267 Å². The van der Waals surface area contributed by atoms with E-state index < -0.39 is 38.1 Å². The van der Waals surface area contributed by atoms with E-state index in [0.717, 1.165) is 51.7 Å². The lowest BCUT2D eigenvalue weighted by atomic mass is 9.92. The van der Waals surface area contributed by atoms with Gasteiger partial charge in [0.15, 0.2) is 5.82 Å². The molecule has 2 unspecified atom stereocenters. The Bertz CT molecular complexity index is 1220. The zero-order valence-electron chi connectivity index (χ0n) is 26.9. The maximum atomic E-state index is 12.6. The number of nitrogen functional groups attached to an aromatic ring is 1. The number of fused-ring (bicyclic) bond motifs is 1. The van der Waals surface area contributed by atoms with Crippen LogP contribution >= 0.6 is 7.60 Å². The molecule has 13 heteroatoms. The number of anilines is 1. The third-order valence-corrected chi connectivity index (χ3v) is 9.98. The molecule has 2 aromatic rings. The van der Waals surface area contributed by atoms with Crippen LogP contribution in [0.25, 0.3) is 5.52 Å². The summed E-state index contributed by atoms with van der Waals surface area (Å²) in [6.45, 7) is 3.51. The van der Waals surface area contributed by atoms with E-state index in [2.05, 4.69) is 17.0 Å². The molecule has 0 saturated carbocycles. The number of aromatic nitrogens is 3. The number of nitrogens with two attached hydrogens (primary N) is 1. The van der Waals surface area contributed by atoms with Crippen molar-refractivity contribution in [1.29, 1.82) is 5.26 Å². The normalized spacial score (nSPS) is 23.0. The molecule has 0 spiro atoms. The summed E-state index contributed by atoms with van der Waals surface area (Å²) in [5, 5.41) is 35.5. The molecule has 0 aromatic carbocycles. The van der Waals surface area contributed by atoms with Crippen LogP contribution in [0.15, 0.2) is 18.5 Å². The number of nitrogens with zero attached hydrogens (tertiary/aromatic N) is 4. The van der Waals surface area contributed by atoms with Crippen molar-refractivity contribution in [3.8, 4) is 6.07 Å². The topological polar surface area (TPSA) is 185 Å². The van der Waals surface area contributed by atoms with Crippen molar-refractivity contribution in [2.75, 3.05) is 31.7 Å². The summed E-state index contributed by atoms with van der Waals surface area (Å²) in [7, 11) is -3.95. The minimum atomic E-state index is -3.95. The number of aliphatic hydroxyl groups is 2. The molecule has 0 bridgehead atoms. The Morgan fingerprint density at radius 3 is 2.16 bits per heavy atom. The maximum absolute atomic E-state index is 12.6. The molecule has 5 N–H and O–H groups in total.